The molecule has 1 aliphatic rings. The lowest BCUT2D eigenvalue weighted by Gasteiger charge is -2.28. The molecule has 0 radical (unpaired) electrons. The fourth-order valence-electron chi connectivity index (χ4n) is 1.87. The first kappa shape index (κ1) is 11.7. The number of ether oxygens (including phenoxy) is 1. The monoisotopic (exact) mass is 197 g/mol. The molecular formula is C12H23NO. The van der Waals surface area contributed by atoms with E-state index in [-0.39, 0.29) is 5.54 Å². The normalized spacial score (nSPS) is 22.6. The fraction of sp³-hybridized carbons (Fsp3) is 0.833. The van der Waals surface area contributed by atoms with Crippen LogP contribution < -0.4 is 5.32 Å². The molecule has 0 bridgehead atoms. The SMILES string of the molecule is COCC(C)(C)NCC1CC=CCC1. The van der Waals surface area contributed by atoms with Gasteiger partial charge in [-0.05, 0) is 45.6 Å². The van der Waals surface area contributed by atoms with Crippen LogP contribution in [0.15, 0.2) is 12.2 Å². The highest BCUT2D eigenvalue weighted by Crippen LogP contribution is 2.18. The van der Waals surface area contributed by atoms with Gasteiger partial charge in [0.25, 0.3) is 0 Å². The van der Waals surface area contributed by atoms with Crippen LogP contribution in [0.2, 0.25) is 0 Å². The highest BCUT2D eigenvalue weighted by Gasteiger charge is 2.18. The van der Waals surface area contributed by atoms with E-state index >= 15 is 0 Å². The van der Waals surface area contributed by atoms with E-state index in [0.29, 0.717) is 0 Å². The number of hydrogen-bond donors (Lipinski definition) is 1. The van der Waals surface area contributed by atoms with Gasteiger partial charge in [-0.15, -0.1) is 0 Å². The summed E-state index contributed by atoms with van der Waals surface area (Å²) in [7, 11) is 1.76. The predicted molar refractivity (Wildman–Crippen MR) is 60.4 cm³/mol. The van der Waals surface area contributed by atoms with Gasteiger partial charge in [-0.2, -0.15) is 0 Å². The van der Waals surface area contributed by atoms with Gasteiger partial charge < -0.3 is 10.1 Å². The third-order valence-electron chi connectivity index (χ3n) is 2.75. The third kappa shape index (κ3) is 4.25. The van der Waals surface area contributed by atoms with E-state index in [1.807, 2.05) is 0 Å². The maximum absolute atomic E-state index is 5.17. The zero-order valence-electron chi connectivity index (χ0n) is 9.68. The lowest BCUT2D eigenvalue weighted by atomic mass is 9.93. The maximum atomic E-state index is 5.17. The Morgan fingerprint density at radius 1 is 1.43 bits per heavy atom. The molecule has 1 unspecified atom stereocenters. The summed E-state index contributed by atoms with van der Waals surface area (Å²) in [6, 6.07) is 0. The topological polar surface area (TPSA) is 21.3 Å². The average molecular weight is 197 g/mol. The molecular weight excluding hydrogens is 174 g/mol. The molecule has 2 nitrogen and oxygen atoms in total. The van der Waals surface area contributed by atoms with Crippen LogP contribution in [0.3, 0.4) is 0 Å². The Morgan fingerprint density at radius 3 is 2.79 bits per heavy atom. The molecule has 0 spiro atoms. The van der Waals surface area contributed by atoms with Crippen molar-refractivity contribution in [2.24, 2.45) is 5.92 Å². The molecule has 1 N–H and O–H groups in total. The molecule has 0 saturated carbocycles. The van der Waals surface area contributed by atoms with Gasteiger partial charge in [-0.3, -0.25) is 0 Å². The molecule has 1 rings (SSSR count). The number of hydrogen-bond acceptors (Lipinski definition) is 2. The van der Waals surface area contributed by atoms with E-state index < -0.39 is 0 Å². The minimum Gasteiger partial charge on any atom is -0.383 e. The minimum atomic E-state index is 0.107. The molecule has 1 aliphatic carbocycles. The van der Waals surface area contributed by atoms with Gasteiger partial charge in [0.15, 0.2) is 0 Å². The smallest absolute Gasteiger partial charge is 0.0639 e. The second-order valence-electron chi connectivity index (χ2n) is 4.85. The van der Waals surface area contributed by atoms with E-state index in [2.05, 4.69) is 31.3 Å². The number of rotatable bonds is 5. The van der Waals surface area contributed by atoms with E-state index in [0.717, 1.165) is 19.1 Å². The fourth-order valence-corrected chi connectivity index (χ4v) is 1.87. The van der Waals surface area contributed by atoms with Crippen molar-refractivity contribution >= 4 is 0 Å². The molecule has 0 aliphatic heterocycles. The molecule has 0 aromatic carbocycles. The zero-order chi connectivity index (χ0) is 10.4. The van der Waals surface area contributed by atoms with Crippen LogP contribution in [0.4, 0.5) is 0 Å². The van der Waals surface area contributed by atoms with Crippen LogP contribution >= 0.6 is 0 Å². The minimum absolute atomic E-state index is 0.107. The first-order valence-corrected chi connectivity index (χ1v) is 5.53. The Kier molecular flexibility index (Phi) is 4.63. The second kappa shape index (κ2) is 5.52. The van der Waals surface area contributed by atoms with E-state index in [1.54, 1.807) is 7.11 Å². The largest absolute Gasteiger partial charge is 0.383 e. The predicted octanol–water partition coefficient (Wildman–Crippen LogP) is 2.36. The summed E-state index contributed by atoms with van der Waals surface area (Å²) in [5.41, 5.74) is 0.107. The van der Waals surface area contributed by atoms with Crippen molar-refractivity contribution in [2.45, 2.75) is 38.6 Å². The summed E-state index contributed by atoms with van der Waals surface area (Å²) in [6.07, 6.45) is 8.40. The summed E-state index contributed by atoms with van der Waals surface area (Å²) in [5.74, 6) is 0.816. The third-order valence-corrected chi connectivity index (χ3v) is 2.75. The molecule has 14 heavy (non-hydrogen) atoms. The summed E-state index contributed by atoms with van der Waals surface area (Å²) >= 11 is 0. The molecule has 2 heteroatoms. The van der Waals surface area contributed by atoms with Gasteiger partial charge in [0.1, 0.15) is 0 Å². The van der Waals surface area contributed by atoms with Crippen LogP contribution in [-0.2, 0) is 4.74 Å². The summed E-state index contributed by atoms with van der Waals surface area (Å²) in [6.45, 7) is 6.26. The number of allylic oxidation sites excluding steroid dienone is 2. The van der Waals surface area contributed by atoms with Crippen LogP contribution in [0.25, 0.3) is 0 Å². The molecule has 0 aromatic heterocycles. The van der Waals surface area contributed by atoms with Crippen molar-refractivity contribution < 1.29 is 4.74 Å². The van der Waals surface area contributed by atoms with Gasteiger partial charge >= 0.3 is 0 Å². The Labute approximate surface area is 87.7 Å². The Balaban J connectivity index is 2.21. The molecule has 82 valence electrons. The van der Waals surface area contributed by atoms with Crippen LogP contribution in [0.1, 0.15) is 33.1 Å². The van der Waals surface area contributed by atoms with Crippen molar-refractivity contribution in [3.63, 3.8) is 0 Å². The zero-order valence-corrected chi connectivity index (χ0v) is 9.68. The highest BCUT2D eigenvalue weighted by molar-refractivity contribution is 4.91. The van der Waals surface area contributed by atoms with E-state index in [4.69, 9.17) is 4.74 Å². The van der Waals surface area contributed by atoms with Gasteiger partial charge in [0, 0.05) is 12.6 Å². The standard InChI is InChI=1S/C12H23NO/c1-12(2,10-14-3)13-9-11-7-5-4-6-8-11/h4-5,11,13H,6-10H2,1-3H3. The van der Waals surface area contributed by atoms with Crippen LogP contribution in [0, 0.1) is 5.92 Å². The van der Waals surface area contributed by atoms with Crippen LogP contribution in [0.5, 0.6) is 0 Å². The first-order chi connectivity index (χ1) is 6.64. The Hall–Kier alpha value is -0.340. The molecule has 0 fully saturated rings. The van der Waals surface area contributed by atoms with Crippen LogP contribution in [-0.4, -0.2) is 25.8 Å². The lowest BCUT2D eigenvalue weighted by Crippen LogP contribution is -2.45. The molecule has 0 aromatic rings. The van der Waals surface area contributed by atoms with Crippen molar-refractivity contribution in [1.82, 2.24) is 5.32 Å². The number of methoxy groups -OCH3 is 1. The van der Waals surface area contributed by atoms with E-state index in [9.17, 15) is 0 Å². The summed E-state index contributed by atoms with van der Waals surface area (Å²) < 4.78 is 5.17. The Morgan fingerprint density at radius 2 is 2.21 bits per heavy atom. The quantitative estimate of drug-likeness (QED) is 0.683. The summed E-state index contributed by atoms with van der Waals surface area (Å²) in [4.78, 5) is 0. The van der Waals surface area contributed by atoms with Crippen molar-refractivity contribution in [2.75, 3.05) is 20.3 Å². The van der Waals surface area contributed by atoms with Crippen molar-refractivity contribution in [3.8, 4) is 0 Å². The van der Waals surface area contributed by atoms with Gasteiger partial charge in [0.2, 0.25) is 0 Å². The average Bonchev–Trinajstić information content (AvgIpc) is 2.17. The molecule has 0 heterocycles. The lowest BCUT2D eigenvalue weighted by molar-refractivity contribution is 0.125. The molecule has 0 saturated heterocycles. The first-order valence-electron chi connectivity index (χ1n) is 5.53. The highest BCUT2D eigenvalue weighted by atomic mass is 16.5. The van der Waals surface area contributed by atoms with Crippen molar-refractivity contribution in [3.05, 3.63) is 12.2 Å². The van der Waals surface area contributed by atoms with Gasteiger partial charge in [-0.1, -0.05) is 12.2 Å². The van der Waals surface area contributed by atoms with Crippen molar-refractivity contribution in [1.29, 1.82) is 0 Å². The molecule has 0 amide bonds. The van der Waals surface area contributed by atoms with Gasteiger partial charge in [-0.25, -0.2) is 0 Å². The Bertz CT molecular complexity index is 187. The summed E-state index contributed by atoms with van der Waals surface area (Å²) in [5, 5.41) is 3.57. The van der Waals surface area contributed by atoms with E-state index in [1.165, 1.54) is 19.3 Å². The second-order valence-corrected chi connectivity index (χ2v) is 4.85. The number of nitrogens with one attached hydrogen (secondary N) is 1. The van der Waals surface area contributed by atoms with Gasteiger partial charge in [0.05, 0.1) is 6.61 Å². The maximum Gasteiger partial charge on any atom is 0.0639 e. The molecule has 1 atom stereocenters.